The van der Waals surface area contributed by atoms with E-state index >= 15 is 0 Å². The predicted molar refractivity (Wildman–Crippen MR) is 111 cm³/mol. The largest absolute Gasteiger partial charge is 0.416 e. The van der Waals surface area contributed by atoms with Gasteiger partial charge in [-0.3, -0.25) is 9.20 Å². The summed E-state index contributed by atoms with van der Waals surface area (Å²) in [5, 5.41) is 8.35. The summed E-state index contributed by atoms with van der Waals surface area (Å²) < 4.78 is 42.1. The summed E-state index contributed by atoms with van der Waals surface area (Å²) in [6.07, 6.45) is 1.27. The number of carbonyl (C=O) groups is 1. The van der Waals surface area contributed by atoms with Crippen LogP contribution in [-0.4, -0.2) is 38.5 Å². The molecule has 3 aliphatic rings. The normalized spacial score (nSPS) is 25.5. The second-order valence-corrected chi connectivity index (χ2v) is 9.47. The Labute approximate surface area is 183 Å². The molecule has 2 aliphatic carbocycles. The summed E-state index contributed by atoms with van der Waals surface area (Å²) in [5.41, 5.74) is 1.78. The van der Waals surface area contributed by atoms with E-state index in [1.807, 2.05) is 18.3 Å². The van der Waals surface area contributed by atoms with Gasteiger partial charge in [-0.1, -0.05) is 18.2 Å². The molecule has 0 bridgehead atoms. The molecule has 1 aliphatic heterocycles. The average molecular weight is 440 g/mol. The van der Waals surface area contributed by atoms with Gasteiger partial charge in [-0.15, -0.1) is 10.2 Å². The molecule has 0 N–H and O–H groups in total. The van der Waals surface area contributed by atoms with Crippen molar-refractivity contribution < 1.29 is 18.0 Å². The zero-order chi connectivity index (χ0) is 22.0. The van der Waals surface area contributed by atoms with Crippen LogP contribution < -0.4 is 0 Å². The maximum atomic E-state index is 13.4. The van der Waals surface area contributed by atoms with E-state index in [4.69, 9.17) is 0 Å². The van der Waals surface area contributed by atoms with Crippen molar-refractivity contribution in [2.24, 2.45) is 11.8 Å². The summed E-state index contributed by atoms with van der Waals surface area (Å²) >= 11 is 0. The highest BCUT2D eigenvalue weighted by atomic mass is 19.4. The predicted octanol–water partition coefficient (Wildman–Crippen LogP) is 4.89. The Morgan fingerprint density at radius 3 is 2.38 bits per heavy atom. The quantitative estimate of drug-likeness (QED) is 0.583. The smallest absolute Gasteiger partial charge is 0.335 e. The van der Waals surface area contributed by atoms with E-state index in [0.717, 1.165) is 0 Å². The number of carbonyl (C=O) groups excluding carboxylic acids is 1. The van der Waals surface area contributed by atoms with Crippen molar-refractivity contribution >= 4 is 11.6 Å². The molecule has 6 rings (SSSR count). The molecule has 166 valence electrons. The molecule has 1 saturated heterocycles. The SMILES string of the molecule is O=C(c1nnc2cc(C3CC3)ccn12)N1CC2CC(c3ccccc3C(F)(F)F)CC2C1. The highest BCUT2D eigenvalue weighted by Gasteiger charge is 2.45. The fraction of sp³-hybridized carbons (Fsp3) is 0.458. The standard InChI is InChI=1S/C24H23F3N4O/c25-24(26,27)20-4-2-1-3-19(20)16-9-17-12-30(13-18(17)10-16)23(32)22-29-28-21-11-15(14-5-6-14)7-8-31(21)22/h1-4,7-8,11,14,16-18H,5-6,9-10,12-13H2. The third-order valence-electron chi connectivity index (χ3n) is 7.42. The maximum absolute atomic E-state index is 13.4. The molecule has 0 radical (unpaired) electrons. The Morgan fingerprint density at radius 1 is 0.969 bits per heavy atom. The summed E-state index contributed by atoms with van der Waals surface area (Å²) in [4.78, 5) is 15.0. The minimum Gasteiger partial charge on any atom is -0.335 e. The van der Waals surface area contributed by atoms with Crippen LogP contribution in [0.1, 0.15) is 64.8 Å². The van der Waals surface area contributed by atoms with Crippen LogP contribution in [0.25, 0.3) is 5.65 Å². The molecule has 1 aromatic carbocycles. The summed E-state index contributed by atoms with van der Waals surface area (Å²) in [6, 6.07) is 9.94. The number of pyridine rings is 1. The minimum atomic E-state index is -4.34. The van der Waals surface area contributed by atoms with Crippen LogP contribution in [0.5, 0.6) is 0 Å². The second kappa shape index (κ2) is 7.05. The number of hydrogen-bond acceptors (Lipinski definition) is 3. The highest BCUT2D eigenvalue weighted by molar-refractivity contribution is 5.91. The van der Waals surface area contributed by atoms with Gasteiger partial charge >= 0.3 is 6.18 Å². The van der Waals surface area contributed by atoms with E-state index in [-0.39, 0.29) is 23.7 Å². The topological polar surface area (TPSA) is 50.5 Å². The van der Waals surface area contributed by atoms with Gasteiger partial charge in [-0.05, 0) is 78.7 Å². The molecular formula is C24H23F3N4O. The molecular weight excluding hydrogens is 417 g/mol. The molecule has 5 nitrogen and oxygen atoms in total. The number of likely N-dealkylation sites (tertiary alicyclic amines) is 1. The molecule has 2 saturated carbocycles. The van der Waals surface area contributed by atoms with Gasteiger partial charge < -0.3 is 4.90 Å². The van der Waals surface area contributed by atoms with Gasteiger partial charge in [0, 0.05) is 19.3 Å². The van der Waals surface area contributed by atoms with Crippen molar-refractivity contribution in [1.82, 2.24) is 19.5 Å². The summed E-state index contributed by atoms with van der Waals surface area (Å²) in [5.74, 6) is 1.07. The van der Waals surface area contributed by atoms with E-state index in [1.54, 1.807) is 21.4 Å². The molecule has 3 fully saturated rings. The summed E-state index contributed by atoms with van der Waals surface area (Å²) in [7, 11) is 0. The van der Waals surface area contributed by atoms with Gasteiger partial charge in [0.1, 0.15) is 0 Å². The van der Waals surface area contributed by atoms with E-state index < -0.39 is 11.7 Å². The van der Waals surface area contributed by atoms with Crippen LogP contribution in [-0.2, 0) is 6.18 Å². The highest BCUT2D eigenvalue weighted by Crippen LogP contribution is 2.49. The number of amides is 1. The number of hydrogen-bond donors (Lipinski definition) is 0. The maximum Gasteiger partial charge on any atom is 0.416 e. The van der Waals surface area contributed by atoms with Gasteiger partial charge in [-0.2, -0.15) is 13.2 Å². The molecule has 8 heteroatoms. The van der Waals surface area contributed by atoms with E-state index in [2.05, 4.69) is 10.2 Å². The number of aromatic nitrogens is 3. The zero-order valence-electron chi connectivity index (χ0n) is 17.4. The first kappa shape index (κ1) is 19.8. The molecule has 2 aromatic heterocycles. The van der Waals surface area contributed by atoms with Crippen molar-refractivity contribution in [2.75, 3.05) is 13.1 Å². The zero-order valence-corrected chi connectivity index (χ0v) is 17.4. The minimum absolute atomic E-state index is 0.116. The first-order chi connectivity index (χ1) is 15.4. The van der Waals surface area contributed by atoms with Gasteiger partial charge in [0.15, 0.2) is 5.65 Å². The van der Waals surface area contributed by atoms with Gasteiger partial charge in [-0.25, -0.2) is 0 Å². The van der Waals surface area contributed by atoms with Gasteiger partial charge in [0.05, 0.1) is 5.56 Å². The van der Waals surface area contributed by atoms with Crippen LogP contribution in [0.3, 0.4) is 0 Å². The van der Waals surface area contributed by atoms with Crippen molar-refractivity contribution in [3.05, 3.63) is 65.1 Å². The van der Waals surface area contributed by atoms with Crippen molar-refractivity contribution in [3.63, 3.8) is 0 Å². The lowest BCUT2D eigenvalue weighted by Gasteiger charge is -2.21. The number of alkyl halides is 3. The molecule has 3 aromatic rings. The van der Waals surface area contributed by atoms with Gasteiger partial charge in [0.25, 0.3) is 5.91 Å². The van der Waals surface area contributed by atoms with Crippen LogP contribution >= 0.6 is 0 Å². The second-order valence-electron chi connectivity index (χ2n) is 9.47. The average Bonchev–Trinajstić information content (AvgIpc) is 3.24. The molecule has 2 unspecified atom stereocenters. The van der Waals surface area contributed by atoms with Gasteiger partial charge in [0.2, 0.25) is 5.82 Å². The van der Waals surface area contributed by atoms with Crippen molar-refractivity contribution in [3.8, 4) is 0 Å². The lowest BCUT2D eigenvalue weighted by Crippen LogP contribution is -2.31. The number of benzene rings is 1. The lowest BCUT2D eigenvalue weighted by molar-refractivity contribution is -0.138. The number of rotatable bonds is 3. The number of nitrogens with zero attached hydrogens (tertiary/aromatic N) is 4. The Balaban J connectivity index is 1.18. The fourth-order valence-corrected chi connectivity index (χ4v) is 5.70. The van der Waals surface area contributed by atoms with Crippen molar-refractivity contribution in [2.45, 2.75) is 43.7 Å². The molecule has 1 amide bonds. The fourth-order valence-electron chi connectivity index (χ4n) is 5.70. The van der Waals surface area contributed by atoms with Crippen LogP contribution in [0.15, 0.2) is 42.6 Å². The van der Waals surface area contributed by atoms with Crippen LogP contribution in [0, 0.1) is 11.8 Å². The number of fused-ring (bicyclic) bond motifs is 2. The van der Waals surface area contributed by atoms with Crippen LogP contribution in [0.4, 0.5) is 13.2 Å². The first-order valence-electron chi connectivity index (χ1n) is 11.2. The number of halogens is 3. The molecule has 32 heavy (non-hydrogen) atoms. The van der Waals surface area contributed by atoms with E-state index in [1.165, 1.54) is 30.5 Å². The summed E-state index contributed by atoms with van der Waals surface area (Å²) in [6.45, 7) is 1.12. The monoisotopic (exact) mass is 440 g/mol. The Hall–Kier alpha value is -2.90. The molecule has 3 heterocycles. The molecule has 2 atom stereocenters. The molecule has 0 spiro atoms. The lowest BCUT2D eigenvalue weighted by atomic mass is 9.91. The first-order valence-corrected chi connectivity index (χ1v) is 11.2. The Kier molecular flexibility index (Phi) is 4.35. The van der Waals surface area contributed by atoms with E-state index in [0.29, 0.717) is 48.9 Å². The third-order valence-corrected chi connectivity index (χ3v) is 7.42. The third kappa shape index (κ3) is 3.27. The van der Waals surface area contributed by atoms with Crippen LogP contribution in [0.2, 0.25) is 0 Å². The van der Waals surface area contributed by atoms with Crippen molar-refractivity contribution in [1.29, 1.82) is 0 Å². The Bertz CT molecular complexity index is 1190. The van der Waals surface area contributed by atoms with E-state index in [9.17, 15) is 18.0 Å². The Morgan fingerprint density at radius 2 is 1.69 bits per heavy atom.